The van der Waals surface area contributed by atoms with Gasteiger partial charge in [-0.3, -0.25) is 11.3 Å². The molecule has 1 heterocycles. The van der Waals surface area contributed by atoms with Gasteiger partial charge >= 0.3 is 0 Å². The molecular formula is C13H18BrFN2O2S. The lowest BCUT2D eigenvalue weighted by Gasteiger charge is -2.29. The van der Waals surface area contributed by atoms with E-state index in [0.717, 1.165) is 18.4 Å². The highest BCUT2D eigenvalue weighted by Crippen LogP contribution is 2.26. The molecule has 0 saturated carbocycles. The van der Waals surface area contributed by atoms with Gasteiger partial charge in [0.1, 0.15) is 5.82 Å². The molecule has 2 rings (SSSR count). The molecule has 112 valence electrons. The Labute approximate surface area is 126 Å². The Balaban J connectivity index is 2.20. The first-order valence-electron chi connectivity index (χ1n) is 6.55. The zero-order valence-electron chi connectivity index (χ0n) is 11.0. The molecule has 2 unspecified atom stereocenters. The Morgan fingerprint density at radius 3 is 2.80 bits per heavy atom. The van der Waals surface area contributed by atoms with Crippen LogP contribution in [0.3, 0.4) is 0 Å². The van der Waals surface area contributed by atoms with Crippen molar-refractivity contribution in [1.82, 2.24) is 5.43 Å². The largest absolute Gasteiger partial charge is 0.271 e. The lowest BCUT2D eigenvalue weighted by molar-refractivity contribution is 0.440. The number of benzene rings is 1. The molecule has 2 atom stereocenters. The standard InChI is InChI=1S/C13H18BrFN2O2S/c14-11-8-10(15)5-4-9(11)7-12(17-16)13-3-1-2-6-20(13,18)19/h4-5,8,12-13,17H,1-3,6-7,16H2. The fourth-order valence-electron chi connectivity index (χ4n) is 2.65. The summed E-state index contributed by atoms with van der Waals surface area (Å²) in [5.74, 6) is 5.44. The van der Waals surface area contributed by atoms with Gasteiger partial charge in [0.05, 0.1) is 11.0 Å². The highest BCUT2D eigenvalue weighted by molar-refractivity contribution is 9.10. The number of rotatable bonds is 4. The molecule has 0 aliphatic carbocycles. The normalized spacial score (nSPS) is 23.4. The molecule has 1 fully saturated rings. The summed E-state index contributed by atoms with van der Waals surface area (Å²) < 4.78 is 38.0. The van der Waals surface area contributed by atoms with Crippen LogP contribution in [0.1, 0.15) is 24.8 Å². The minimum Gasteiger partial charge on any atom is -0.271 e. The van der Waals surface area contributed by atoms with Crippen LogP contribution >= 0.6 is 15.9 Å². The van der Waals surface area contributed by atoms with Crippen molar-refractivity contribution >= 4 is 25.8 Å². The van der Waals surface area contributed by atoms with Crippen LogP contribution in [-0.2, 0) is 16.3 Å². The molecule has 0 amide bonds. The Morgan fingerprint density at radius 2 is 2.20 bits per heavy atom. The summed E-state index contributed by atoms with van der Waals surface area (Å²) in [7, 11) is -3.11. The fraction of sp³-hybridized carbons (Fsp3) is 0.538. The van der Waals surface area contributed by atoms with E-state index in [2.05, 4.69) is 21.4 Å². The van der Waals surface area contributed by atoms with E-state index in [1.54, 1.807) is 6.07 Å². The van der Waals surface area contributed by atoms with Gasteiger partial charge in [-0.1, -0.05) is 28.4 Å². The average Bonchev–Trinajstić information content (AvgIpc) is 2.38. The molecule has 20 heavy (non-hydrogen) atoms. The number of hydrazine groups is 1. The van der Waals surface area contributed by atoms with E-state index in [-0.39, 0.29) is 17.6 Å². The number of nitrogens with two attached hydrogens (primary N) is 1. The van der Waals surface area contributed by atoms with Crippen molar-refractivity contribution in [2.24, 2.45) is 5.84 Å². The van der Waals surface area contributed by atoms with Crippen molar-refractivity contribution in [3.05, 3.63) is 34.1 Å². The van der Waals surface area contributed by atoms with Gasteiger partial charge in [-0.05, 0) is 37.0 Å². The van der Waals surface area contributed by atoms with Crippen molar-refractivity contribution in [3.63, 3.8) is 0 Å². The minimum absolute atomic E-state index is 0.223. The van der Waals surface area contributed by atoms with E-state index >= 15 is 0 Å². The fourth-order valence-corrected chi connectivity index (χ4v) is 5.28. The number of sulfone groups is 1. The average molecular weight is 365 g/mol. The van der Waals surface area contributed by atoms with E-state index in [4.69, 9.17) is 5.84 Å². The molecule has 0 bridgehead atoms. The maximum atomic E-state index is 13.1. The van der Waals surface area contributed by atoms with Gasteiger partial charge in [0.15, 0.2) is 9.84 Å². The molecule has 1 aliphatic rings. The first kappa shape index (κ1) is 15.9. The van der Waals surface area contributed by atoms with Gasteiger partial charge in [0.25, 0.3) is 0 Å². The molecule has 1 aromatic carbocycles. The van der Waals surface area contributed by atoms with Crippen LogP contribution < -0.4 is 11.3 Å². The Morgan fingerprint density at radius 1 is 1.45 bits per heavy atom. The molecule has 1 saturated heterocycles. The first-order valence-corrected chi connectivity index (χ1v) is 9.06. The van der Waals surface area contributed by atoms with Gasteiger partial charge in [0, 0.05) is 10.5 Å². The number of halogens is 2. The van der Waals surface area contributed by atoms with E-state index in [1.807, 2.05) is 0 Å². The molecule has 0 spiro atoms. The van der Waals surface area contributed by atoms with Crippen molar-refractivity contribution in [2.45, 2.75) is 37.0 Å². The summed E-state index contributed by atoms with van der Waals surface area (Å²) >= 11 is 3.30. The summed E-state index contributed by atoms with van der Waals surface area (Å²) in [4.78, 5) is 0. The zero-order valence-corrected chi connectivity index (χ0v) is 13.4. The molecular weight excluding hydrogens is 347 g/mol. The second-order valence-electron chi connectivity index (χ2n) is 5.11. The van der Waals surface area contributed by atoms with Gasteiger partial charge in [-0.2, -0.15) is 0 Å². The van der Waals surface area contributed by atoms with Crippen LogP contribution in [0.2, 0.25) is 0 Å². The third-order valence-corrected chi connectivity index (χ3v) is 6.83. The third kappa shape index (κ3) is 3.58. The molecule has 4 nitrogen and oxygen atoms in total. The summed E-state index contributed by atoms with van der Waals surface area (Å²) in [6.45, 7) is 0. The number of hydrogen-bond acceptors (Lipinski definition) is 4. The van der Waals surface area contributed by atoms with Gasteiger partial charge < -0.3 is 0 Å². The van der Waals surface area contributed by atoms with Gasteiger partial charge in [-0.15, -0.1) is 0 Å². The summed E-state index contributed by atoms with van der Waals surface area (Å²) in [5.41, 5.74) is 3.47. The van der Waals surface area contributed by atoms with Crippen LogP contribution in [0.15, 0.2) is 22.7 Å². The highest BCUT2D eigenvalue weighted by Gasteiger charge is 2.35. The Kier molecular flexibility index (Phi) is 5.17. The minimum atomic E-state index is -3.11. The van der Waals surface area contributed by atoms with Gasteiger partial charge in [-0.25, -0.2) is 12.8 Å². The second-order valence-corrected chi connectivity index (χ2v) is 8.31. The second kappa shape index (κ2) is 6.51. The predicted octanol–water partition coefficient (Wildman–Crippen LogP) is 1.93. The maximum absolute atomic E-state index is 13.1. The SMILES string of the molecule is NNC(Cc1ccc(F)cc1Br)C1CCCCS1(=O)=O. The van der Waals surface area contributed by atoms with Crippen LogP contribution in [-0.4, -0.2) is 25.5 Å². The van der Waals surface area contributed by atoms with Gasteiger partial charge in [0.2, 0.25) is 0 Å². The van der Waals surface area contributed by atoms with Crippen LogP contribution in [0.4, 0.5) is 4.39 Å². The smallest absolute Gasteiger partial charge is 0.154 e. The van der Waals surface area contributed by atoms with Crippen molar-refractivity contribution in [2.75, 3.05) is 5.75 Å². The van der Waals surface area contributed by atoms with Crippen molar-refractivity contribution in [1.29, 1.82) is 0 Å². The zero-order chi connectivity index (χ0) is 14.8. The molecule has 0 radical (unpaired) electrons. The topological polar surface area (TPSA) is 72.2 Å². The summed E-state index contributed by atoms with van der Waals surface area (Å²) in [5, 5.41) is -0.474. The molecule has 3 N–H and O–H groups in total. The van der Waals surface area contributed by atoms with E-state index in [0.29, 0.717) is 17.3 Å². The number of hydrogen-bond donors (Lipinski definition) is 2. The van der Waals surface area contributed by atoms with E-state index in [1.165, 1.54) is 12.1 Å². The third-order valence-electron chi connectivity index (χ3n) is 3.75. The van der Waals surface area contributed by atoms with Crippen LogP contribution in [0.5, 0.6) is 0 Å². The monoisotopic (exact) mass is 364 g/mol. The Bertz CT molecular complexity index is 580. The number of nitrogens with one attached hydrogen (secondary N) is 1. The van der Waals surface area contributed by atoms with Crippen molar-refractivity contribution in [3.8, 4) is 0 Å². The maximum Gasteiger partial charge on any atom is 0.154 e. The summed E-state index contributed by atoms with van der Waals surface area (Å²) in [6, 6.07) is 4.03. The lowest BCUT2D eigenvalue weighted by Crippen LogP contribution is -2.50. The first-order chi connectivity index (χ1) is 9.44. The van der Waals surface area contributed by atoms with Crippen LogP contribution in [0, 0.1) is 5.82 Å². The molecule has 0 aromatic heterocycles. The molecule has 1 aromatic rings. The summed E-state index contributed by atoms with van der Waals surface area (Å²) in [6.07, 6.45) is 2.68. The highest BCUT2D eigenvalue weighted by atomic mass is 79.9. The Hall–Kier alpha value is -0.500. The van der Waals surface area contributed by atoms with Crippen molar-refractivity contribution < 1.29 is 12.8 Å². The molecule has 7 heteroatoms. The molecule has 1 aliphatic heterocycles. The predicted molar refractivity (Wildman–Crippen MR) is 80.3 cm³/mol. The van der Waals surface area contributed by atoms with Crippen LogP contribution in [0.25, 0.3) is 0 Å². The lowest BCUT2D eigenvalue weighted by atomic mass is 10.00. The quantitative estimate of drug-likeness (QED) is 0.632. The van der Waals surface area contributed by atoms with E-state index < -0.39 is 15.1 Å². The van der Waals surface area contributed by atoms with E-state index in [9.17, 15) is 12.8 Å².